The number of carboxylic acid groups (broad SMARTS) is 1. The van der Waals surface area contributed by atoms with Crippen LogP contribution in [0.25, 0.3) is 0 Å². The Morgan fingerprint density at radius 1 is 1.30 bits per heavy atom. The maximum Gasteiger partial charge on any atom is 0.407 e. The number of hydrogen-bond donors (Lipinski definition) is 1. The van der Waals surface area contributed by atoms with E-state index in [1.54, 1.807) is 0 Å². The summed E-state index contributed by atoms with van der Waals surface area (Å²) in [5.41, 5.74) is 2.09. The fourth-order valence-corrected chi connectivity index (χ4v) is 3.45. The number of fused-ring (bicyclic) bond motifs is 1. The van der Waals surface area contributed by atoms with Gasteiger partial charge in [0, 0.05) is 19.5 Å². The van der Waals surface area contributed by atoms with Gasteiger partial charge in [0.15, 0.2) is 0 Å². The van der Waals surface area contributed by atoms with Gasteiger partial charge in [-0.1, -0.05) is 24.3 Å². The van der Waals surface area contributed by atoms with E-state index in [2.05, 4.69) is 0 Å². The van der Waals surface area contributed by atoms with Crippen LogP contribution in [0.1, 0.15) is 30.0 Å². The second kappa shape index (κ2) is 4.81. The van der Waals surface area contributed by atoms with Gasteiger partial charge in [0.2, 0.25) is 5.91 Å². The standard InChI is InChI=1S/C15H18N2O3/c1-10-4-2-3-5-11(10)14-12-6-7-13(18)16(12)8-9-17(14)15(19)20/h2-5,12,14H,6-9H2,1H3,(H,19,20). The lowest BCUT2D eigenvalue weighted by atomic mass is 9.91. The molecule has 2 fully saturated rings. The molecule has 1 aromatic carbocycles. The minimum absolute atomic E-state index is 0.0200. The fourth-order valence-electron chi connectivity index (χ4n) is 3.45. The van der Waals surface area contributed by atoms with Crippen LogP contribution in [-0.4, -0.2) is 46.0 Å². The van der Waals surface area contributed by atoms with Crippen LogP contribution in [0.4, 0.5) is 4.79 Å². The SMILES string of the molecule is Cc1ccccc1C1C2CCC(=O)N2CCN1C(=O)O. The topological polar surface area (TPSA) is 60.9 Å². The van der Waals surface area contributed by atoms with Crippen LogP contribution in [0.2, 0.25) is 0 Å². The van der Waals surface area contributed by atoms with E-state index < -0.39 is 6.09 Å². The molecule has 2 heterocycles. The molecule has 106 valence electrons. The third kappa shape index (κ3) is 1.94. The van der Waals surface area contributed by atoms with Crippen LogP contribution in [0.5, 0.6) is 0 Å². The van der Waals surface area contributed by atoms with E-state index in [-0.39, 0.29) is 18.0 Å². The highest BCUT2D eigenvalue weighted by atomic mass is 16.4. The van der Waals surface area contributed by atoms with E-state index in [1.807, 2.05) is 36.1 Å². The molecule has 2 atom stereocenters. The predicted molar refractivity (Wildman–Crippen MR) is 73.4 cm³/mol. The van der Waals surface area contributed by atoms with Gasteiger partial charge in [-0.2, -0.15) is 0 Å². The highest BCUT2D eigenvalue weighted by molar-refractivity contribution is 5.79. The van der Waals surface area contributed by atoms with Crippen molar-refractivity contribution in [3.05, 3.63) is 35.4 Å². The number of hydrogen-bond acceptors (Lipinski definition) is 2. The van der Waals surface area contributed by atoms with Gasteiger partial charge in [-0.05, 0) is 24.5 Å². The number of carbonyl (C=O) groups is 2. The number of benzene rings is 1. The lowest BCUT2D eigenvalue weighted by molar-refractivity contribution is -0.131. The molecule has 5 heteroatoms. The van der Waals surface area contributed by atoms with Crippen molar-refractivity contribution in [3.63, 3.8) is 0 Å². The number of rotatable bonds is 1. The smallest absolute Gasteiger partial charge is 0.407 e. The zero-order valence-electron chi connectivity index (χ0n) is 11.5. The Morgan fingerprint density at radius 3 is 2.75 bits per heavy atom. The highest BCUT2D eigenvalue weighted by Gasteiger charge is 2.45. The summed E-state index contributed by atoms with van der Waals surface area (Å²) in [7, 11) is 0. The van der Waals surface area contributed by atoms with E-state index in [1.165, 1.54) is 4.90 Å². The van der Waals surface area contributed by atoms with Gasteiger partial charge in [-0.3, -0.25) is 9.69 Å². The number of aryl methyl sites for hydroxylation is 1. The summed E-state index contributed by atoms with van der Waals surface area (Å²) in [6, 6.07) is 7.58. The molecule has 0 aromatic heterocycles. The van der Waals surface area contributed by atoms with Crippen molar-refractivity contribution in [2.45, 2.75) is 31.8 Å². The number of amides is 2. The Kier molecular flexibility index (Phi) is 3.12. The summed E-state index contributed by atoms with van der Waals surface area (Å²) in [6.45, 7) is 2.89. The normalized spacial score (nSPS) is 25.8. The average molecular weight is 274 g/mol. The van der Waals surface area contributed by atoms with E-state index in [9.17, 15) is 14.7 Å². The monoisotopic (exact) mass is 274 g/mol. The fraction of sp³-hybridized carbons (Fsp3) is 0.467. The van der Waals surface area contributed by atoms with Crippen molar-refractivity contribution in [3.8, 4) is 0 Å². The van der Waals surface area contributed by atoms with Gasteiger partial charge in [0.05, 0.1) is 12.1 Å². The molecule has 0 saturated carbocycles. The maximum absolute atomic E-state index is 11.9. The van der Waals surface area contributed by atoms with E-state index in [4.69, 9.17) is 0 Å². The molecule has 2 aliphatic heterocycles. The Bertz CT molecular complexity index is 558. The van der Waals surface area contributed by atoms with Gasteiger partial charge in [-0.15, -0.1) is 0 Å². The molecule has 3 rings (SSSR count). The predicted octanol–water partition coefficient (Wildman–Crippen LogP) is 2.02. The molecule has 0 radical (unpaired) electrons. The zero-order valence-corrected chi connectivity index (χ0v) is 11.5. The summed E-state index contributed by atoms with van der Waals surface area (Å²) >= 11 is 0. The first kappa shape index (κ1) is 13.0. The molecule has 1 aromatic rings. The third-order valence-corrected chi connectivity index (χ3v) is 4.41. The van der Waals surface area contributed by atoms with Crippen LogP contribution >= 0.6 is 0 Å². The summed E-state index contributed by atoms with van der Waals surface area (Å²) in [5, 5.41) is 9.47. The lowest BCUT2D eigenvalue weighted by Gasteiger charge is -2.44. The molecule has 0 bridgehead atoms. The Morgan fingerprint density at radius 2 is 2.05 bits per heavy atom. The highest BCUT2D eigenvalue weighted by Crippen LogP contribution is 2.38. The van der Waals surface area contributed by atoms with Crippen molar-refractivity contribution in [2.24, 2.45) is 0 Å². The minimum Gasteiger partial charge on any atom is -0.465 e. The van der Waals surface area contributed by atoms with E-state index >= 15 is 0 Å². The van der Waals surface area contributed by atoms with Crippen LogP contribution in [0.3, 0.4) is 0 Å². The molecular formula is C15H18N2O3. The molecule has 2 saturated heterocycles. The molecule has 2 unspecified atom stereocenters. The van der Waals surface area contributed by atoms with Crippen molar-refractivity contribution in [2.75, 3.05) is 13.1 Å². The minimum atomic E-state index is -0.905. The maximum atomic E-state index is 11.9. The molecular weight excluding hydrogens is 256 g/mol. The first-order valence-electron chi connectivity index (χ1n) is 6.94. The van der Waals surface area contributed by atoms with Crippen LogP contribution in [-0.2, 0) is 4.79 Å². The summed E-state index contributed by atoms with van der Waals surface area (Å²) in [6.07, 6.45) is 0.361. The van der Waals surface area contributed by atoms with E-state index in [0.29, 0.717) is 19.5 Å². The van der Waals surface area contributed by atoms with Crippen LogP contribution < -0.4 is 0 Å². The van der Waals surface area contributed by atoms with Crippen molar-refractivity contribution in [1.82, 2.24) is 9.80 Å². The molecule has 0 aliphatic carbocycles. The lowest BCUT2D eigenvalue weighted by Crippen LogP contribution is -2.54. The van der Waals surface area contributed by atoms with Crippen LogP contribution in [0, 0.1) is 6.92 Å². The van der Waals surface area contributed by atoms with Crippen LogP contribution in [0.15, 0.2) is 24.3 Å². The second-order valence-corrected chi connectivity index (χ2v) is 5.47. The third-order valence-electron chi connectivity index (χ3n) is 4.41. The quantitative estimate of drug-likeness (QED) is 0.852. The number of piperazine rings is 1. The first-order valence-corrected chi connectivity index (χ1v) is 6.94. The first-order chi connectivity index (χ1) is 9.59. The number of nitrogens with zero attached hydrogens (tertiary/aromatic N) is 2. The van der Waals surface area contributed by atoms with Gasteiger partial charge >= 0.3 is 6.09 Å². The van der Waals surface area contributed by atoms with Crippen molar-refractivity contribution < 1.29 is 14.7 Å². The molecule has 20 heavy (non-hydrogen) atoms. The second-order valence-electron chi connectivity index (χ2n) is 5.47. The molecule has 2 aliphatic rings. The Hall–Kier alpha value is -2.04. The van der Waals surface area contributed by atoms with Gasteiger partial charge < -0.3 is 10.0 Å². The zero-order chi connectivity index (χ0) is 14.3. The van der Waals surface area contributed by atoms with Gasteiger partial charge in [-0.25, -0.2) is 4.79 Å². The Labute approximate surface area is 117 Å². The van der Waals surface area contributed by atoms with Gasteiger partial charge in [0.1, 0.15) is 0 Å². The molecule has 5 nitrogen and oxygen atoms in total. The summed E-state index contributed by atoms with van der Waals surface area (Å²) in [4.78, 5) is 26.8. The van der Waals surface area contributed by atoms with Crippen molar-refractivity contribution >= 4 is 12.0 Å². The average Bonchev–Trinajstić information content (AvgIpc) is 2.80. The Balaban J connectivity index is 2.03. The van der Waals surface area contributed by atoms with Crippen molar-refractivity contribution in [1.29, 1.82) is 0 Å². The largest absolute Gasteiger partial charge is 0.465 e. The number of carbonyl (C=O) groups excluding carboxylic acids is 1. The molecule has 1 N–H and O–H groups in total. The molecule has 0 spiro atoms. The summed E-state index contributed by atoms with van der Waals surface area (Å²) < 4.78 is 0. The summed E-state index contributed by atoms with van der Waals surface area (Å²) in [5.74, 6) is 0.152. The van der Waals surface area contributed by atoms with Gasteiger partial charge in [0.25, 0.3) is 0 Å². The van der Waals surface area contributed by atoms with E-state index in [0.717, 1.165) is 17.5 Å². The molecule has 2 amide bonds.